The Morgan fingerprint density at radius 3 is 2.91 bits per heavy atom. The molecule has 2 saturated heterocycles. The Morgan fingerprint density at radius 2 is 2.22 bits per heavy atom. The second-order valence-corrected chi connectivity index (χ2v) is 6.08. The third-order valence-corrected chi connectivity index (χ3v) is 4.10. The summed E-state index contributed by atoms with van der Waals surface area (Å²) in [5.74, 6) is 1.12. The van der Waals surface area contributed by atoms with Gasteiger partial charge >= 0.3 is 0 Å². The lowest BCUT2D eigenvalue weighted by atomic mass is 10.2. The molecule has 8 nitrogen and oxygen atoms in total. The number of carbonyl (C=O) groups is 2. The number of hydrogen-bond acceptors (Lipinski definition) is 6. The highest BCUT2D eigenvalue weighted by atomic mass is 16.5. The molecule has 0 aliphatic carbocycles. The van der Waals surface area contributed by atoms with E-state index in [4.69, 9.17) is 4.74 Å². The van der Waals surface area contributed by atoms with Crippen LogP contribution < -0.4 is 15.0 Å². The largest absolute Gasteiger partial charge is 0.471 e. The molecule has 1 aromatic rings. The standard InChI is InChI=1S/C15H21N5O3/c1-19(2)12-7-16-8-14(18-12)23-10-5-6-20(9-10)15(22)11-3-4-13(21)17-11/h7-8,10-11H,3-6,9H2,1-2H3,(H,17,21)/t10-,11-/m0/s1. The van der Waals surface area contributed by atoms with Crippen molar-refractivity contribution in [1.82, 2.24) is 20.2 Å². The summed E-state index contributed by atoms with van der Waals surface area (Å²) in [6.45, 7) is 1.15. The number of likely N-dealkylation sites (tertiary alicyclic amines) is 1. The van der Waals surface area contributed by atoms with Gasteiger partial charge < -0.3 is 19.9 Å². The SMILES string of the molecule is CN(C)c1cncc(O[C@H]2CCN(C(=O)[C@@H]3CCC(=O)N3)C2)n1. The van der Waals surface area contributed by atoms with Crippen LogP contribution in [0, 0.1) is 0 Å². The number of ether oxygens (including phenoxy) is 1. The van der Waals surface area contributed by atoms with Gasteiger partial charge in [-0.1, -0.05) is 0 Å². The summed E-state index contributed by atoms with van der Waals surface area (Å²) in [4.78, 5) is 35.7. The first-order valence-electron chi connectivity index (χ1n) is 7.77. The lowest BCUT2D eigenvalue weighted by Gasteiger charge is -2.20. The first-order valence-corrected chi connectivity index (χ1v) is 7.77. The predicted molar refractivity (Wildman–Crippen MR) is 83.1 cm³/mol. The molecule has 0 unspecified atom stereocenters. The minimum absolute atomic E-state index is 0.0184. The van der Waals surface area contributed by atoms with Crippen LogP contribution in [0.25, 0.3) is 0 Å². The Labute approximate surface area is 134 Å². The van der Waals surface area contributed by atoms with Gasteiger partial charge in [0.1, 0.15) is 12.1 Å². The number of hydrogen-bond donors (Lipinski definition) is 1. The van der Waals surface area contributed by atoms with Crippen LogP contribution in [0.15, 0.2) is 12.4 Å². The molecule has 2 amide bonds. The van der Waals surface area contributed by atoms with Crippen LogP contribution >= 0.6 is 0 Å². The highest BCUT2D eigenvalue weighted by molar-refractivity contribution is 5.90. The van der Waals surface area contributed by atoms with Crippen molar-refractivity contribution < 1.29 is 14.3 Å². The van der Waals surface area contributed by atoms with E-state index in [2.05, 4.69) is 15.3 Å². The van der Waals surface area contributed by atoms with Crippen LogP contribution in [0.1, 0.15) is 19.3 Å². The fourth-order valence-electron chi connectivity index (χ4n) is 2.83. The van der Waals surface area contributed by atoms with Crippen molar-refractivity contribution >= 4 is 17.6 Å². The highest BCUT2D eigenvalue weighted by Gasteiger charge is 2.35. The second kappa shape index (κ2) is 6.39. The van der Waals surface area contributed by atoms with Crippen molar-refractivity contribution in [3.63, 3.8) is 0 Å². The van der Waals surface area contributed by atoms with Gasteiger partial charge in [-0.15, -0.1) is 0 Å². The summed E-state index contributed by atoms with van der Waals surface area (Å²) in [6.07, 6.45) is 4.91. The summed E-state index contributed by atoms with van der Waals surface area (Å²) in [5, 5.41) is 2.72. The molecule has 3 heterocycles. The van der Waals surface area contributed by atoms with Crippen LogP contribution in [0.5, 0.6) is 5.88 Å². The number of rotatable bonds is 4. The first kappa shape index (κ1) is 15.5. The predicted octanol–water partition coefficient (Wildman–Crippen LogP) is -0.199. The van der Waals surface area contributed by atoms with Crippen molar-refractivity contribution in [3.05, 3.63) is 12.4 Å². The fourth-order valence-corrected chi connectivity index (χ4v) is 2.83. The molecule has 124 valence electrons. The molecule has 2 atom stereocenters. The lowest BCUT2D eigenvalue weighted by Crippen LogP contribution is -2.44. The quantitative estimate of drug-likeness (QED) is 0.827. The molecule has 23 heavy (non-hydrogen) atoms. The van der Waals surface area contributed by atoms with E-state index in [0.717, 1.165) is 12.2 Å². The van der Waals surface area contributed by atoms with Crippen LogP contribution in [0.4, 0.5) is 5.82 Å². The number of amides is 2. The molecular formula is C15H21N5O3. The highest BCUT2D eigenvalue weighted by Crippen LogP contribution is 2.20. The molecule has 0 spiro atoms. The van der Waals surface area contributed by atoms with Crippen molar-refractivity contribution in [2.24, 2.45) is 0 Å². The van der Waals surface area contributed by atoms with Gasteiger partial charge in [-0.25, -0.2) is 0 Å². The van der Waals surface area contributed by atoms with Crippen molar-refractivity contribution in [2.75, 3.05) is 32.1 Å². The average molecular weight is 319 g/mol. The van der Waals surface area contributed by atoms with Crippen LogP contribution in [-0.2, 0) is 9.59 Å². The molecule has 0 bridgehead atoms. The summed E-state index contributed by atoms with van der Waals surface area (Å²) in [5.41, 5.74) is 0. The van der Waals surface area contributed by atoms with E-state index < -0.39 is 0 Å². The number of carbonyl (C=O) groups excluding carboxylic acids is 2. The maximum absolute atomic E-state index is 12.4. The van der Waals surface area contributed by atoms with Gasteiger partial charge in [-0.3, -0.25) is 14.6 Å². The Hall–Kier alpha value is -2.38. The maximum Gasteiger partial charge on any atom is 0.245 e. The third kappa shape index (κ3) is 3.52. The summed E-state index contributed by atoms with van der Waals surface area (Å²) < 4.78 is 5.85. The minimum Gasteiger partial charge on any atom is -0.471 e. The Bertz CT molecular complexity index is 607. The topological polar surface area (TPSA) is 87.7 Å². The van der Waals surface area contributed by atoms with Gasteiger partial charge in [0.15, 0.2) is 5.82 Å². The van der Waals surface area contributed by atoms with Gasteiger partial charge in [-0.2, -0.15) is 4.98 Å². The molecule has 0 radical (unpaired) electrons. The van der Waals surface area contributed by atoms with E-state index in [1.54, 1.807) is 17.3 Å². The fraction of sp³-hybridized carbons (Fsp3) is 0.600. The van der Waals surface area contributed by atoms with E-state index in [9.17, 15) is 9.59 Å². The zero-order valence-corrected chi connectivity index (χ0v) is 13.4. The first-order chi connectivity index (χ1) is 11.0. The molecule has 0 aromatic carbocycles. The molecule has 8 heteroatoms. The Kier molecular flexibility index (Phi) is 4.31. The van der Waals surface area contributed by atoms with E-state index in [1.165, 1.54) is 0 Å². The average Bonchev–Trinajstić information content (AvgIpc) is 3.16. The number of nitrogens with zero attached hydrogens (tertiary/aromatic N) is 4. The minimum atomic E-state index is -0.377. The summed E-state index contributed by atoms with van der Waals surface area (Å²) in [7, 11) is 3.78. The molecule has 2 aliphatic heterocycles. The monoisotopic (exact) mass is 319 g/mol. The third-order valence-electron chi connectivity index (χ3n) is 4.10. The van der Waals surface area contributed by atoms with E-state index in [0.29, 0.717) is 31.8 Å². The van der Waals surface area contributed by atoms with Gasteiger partial charge in [0.25, 0.3) is 0 Å². The Balaban J connectivity index is 1.56. The molecule has 1 N–H and O–H groups in total. The zero-order chi connectivity index (χ0) is 16.4. The van der Waals surface area contributed by atoms with Crippen molar-refractivity contribution in [1.29, 1.82) is 0 Å². The van der Waals surface area contributed by atoms with Gasteiger partial charge in [0.05, 0.1) is 18.9 Å². The van der Waals surface area contributed by atoms with Crippen LogP contribution in [0.2, 0.25) is 0 Å². The van der Waals surface area contributed by atoms with Crippen LogP contribution in [-0.4, -0.2) is 66.0 Å². The van der Waals surface area contributed by atoms with E-state index >= 15 is 0 Å². The van der Waals surface area contributed by atoms with E-state index in [-0.39, 0.29) is 24.0 Å². The summed E-state index contributed by atoms with van der Waals surface area (Å²) >= 11 is 0. The van der Waals surface area contributed by atoms with Crippen molar-refractivity contribution in [2.45, 2.75) is 31.4 Å². The van der Waals surface area contributed by atoms with Gasteiger partial charge in [-0.05, 0) is 6.42 Å². The number of aromatic nitrogens is 2. The smallest absolute Gasteiger partial charge is 0.245 e. The zero-order valence-electron chi connectivity index (χ0n) is 13.4. The number of anilines is 1. The van der Waals surface area contributed by atoms with Gasteiger partial charge in [0.2, 0.25) is 17.7 Å². The molecule has 0 saturated carbocycles. The van der Waals surface area contributed by atoms with Crippen molar-refractivity contribution in [3.8, 4) is 5.88 Å². The lowest BCUT2D eigenvalue weighted by molar-refractivity contribution is -0.133. The van der Waals surface area contributed by atoms with E-state index in [1.807, 2.05) is 19.0 Å². The second-order valence-electron chi connectivity index (χ2n) is 6.08. The Morgan fingerprint density at radius 1 is 1.39 bits per heavy atom. The van der Waals surface area contributed by atoms with Gasteiger partial charge in [0, 0.05) is 33.5 Å². The molecule has 2 aliphatic rings. The maximum atomic E-state index is 12.4. The normalized spacial score (nSPS) is 23.7. The molecule has 3 rings (SSSR count). The molecule has 1 aromatic heterocycles. The molecular weight excluding hydrogens is 298 g/mol. The molecule has 2 fully saturated rings. The number of nitrogens with one attached hydrogen (secondary N) is 1. The van der Waals surface area contributed by atoms with Crippen LogP contribution in [0.3, 0.4) is 0 Å². The summed E-state index contributed by atoms with van der Waals surface area (Å²) in [6, 6.07) is -0.377.